The molecule has 0 fully saturated rings. The van der Waals surface area contributed by atoms with E-state index in [1.54, 1.807) is 6.92 Å². The summed E-state index contributed by atoms with van der Waals surface area (Å²) in [6.45, 7) is 2.41. The summed E-state index contributed by atoms with van der Waals surface area (Å²) in [4.78, 5) is 15.5. The molecule has 0 amide bonds. The Morgan fingerprint density at radius 3 is 2.71 bits per heavy atom. The van der Waals surface area contributed by atoms with Crippen LogP contribution in [0.5, 0.6) is 0 Å². The van der Waals surface area contributed by atoms with Crippen LogP contribution in [-0.4, -0.2) is 12.5 Å². The van der Waals surface area contributed by atoms with Gasteiger partial charge in [0.1, 0.15) is 0 Å². The van der Waals surface area contributed by atoms with Crippen molar-refractivity contribution in [2.45, 2.75) is 19.8 Å². The van der Waals surface area contributed by atoms with Crippen LogP contribution in [0.2, 0.25) is 0 Å². The SMILES string of the molecule is CCC(=O)ONCCc1ccccc1. The van der Waals surface area contributed by atoms with Crippen molar-refractivity contribution in [2.24, 2.45) is 0 Å². The smallest absolute Gasteiger partial charge is 0.324 e. The fourth-order valence-electron chi connectivity index (χ4n) is 1.04. The standard InChI is InChI=1S/C11H15NO2/c1-2-11(13)14-12-9-8-10-6-4-3-5-7-10/h3-7,12H,2,8-9H2,1H3. The number of benzene rings is 1. The highest BCUT2D eigenvalue weighted by atomic mass is 16.7. The molecule has 3 heteroatoms. The minimum absolute atomic E-state index is 0.224. The van der Waals surface area contributed by atoms with E-state index in [9.17, 15) is 4.79 Å². The molecule has 1 N–H and O–H groups in total. The Morgan fingerprint density at radius 2 is 2.07 bits per heavy atom. The minimum Gasteiger partial charge on any atom is -0.371 e. The Morgan fingerprint density at radius 1 is 1.36 bits per heavy atom. The number of hydrogen-bond acceptors (Lipinski definition) is 3. The van der Waals surface area contributed by atoms with Crippen molar-refractivity contribution in [1.82, 2.24) is 5.48 Å². The molecular weight excluding hydrogens is 178 g/mol. The molecule has 0 heterocycles. The summed E-state index contributed by atoms with van der Waals surface area (Å²) in [5, 5.41) is 0. The van der Waals surface area contributed by atoms with E-state index in [0.717, 1.165) is 6.42 Å². The molecule has 0 aromatic heterocycles. The molecule has 0 aliphatic rings. The summed E-state index contributed by atoms with van der Waals surface area (Å²) in [5.74, 6) is -0.224. The molecule has 76 valence electrons. The highest BCUT2D eigenvalue weighted by molar-refractivity contribution is 5.68. The normalized spacial score (nSPS) is 9.79. The Labute approximate surface area is 84.0 Å². The predicted octanol–water partition coefficient (Wildman–Crippen LogP) is 1.69. The average molecular weight is 193 g/mol. The first-order valence-corrected chi connectivity index (χ1v) is 4.79. The third kappa shape index (κ3) is 4.05. The van der Waals surface area contributed by atoms with Gasteiger partial charge < -0.3 is 4.84 Å². The monoisotopic (exact) mass is 193 g/mol. The topological polar surface area (TPSA) is 38.3 Å². The first-order valence-electron chi connectivity index (χ1n) is 4.79. The summed E-state index contributed by atoms with van der Waals surface area (Å²) >= 11 is 0. The molecule has 0 bridgehead atoms. The van der Waals surface area contributed by atoms with Crippen LogP contribution >= 0.6 is 0 Å². The number of nitrogens with one attached hydrogen (secondary N) is 1. The van der Waals surface area contributed by atoms with Crippen LogP contribution in [0.1, 0.15) is 18.9 Å². The van der Waals surface area contributed by atoms with Gasteiger partial charge in [-0.2, -0.15) is 5.48 Å². The summed E-state index contributed by atoms with van der Waals surface area (Å²) in [6, 6.07) is 10.1. The number of hydroxylamine groups is 1. The van der Waals surface area contributed by atoms with Crippen LogP contribution in [0, 0.1) is 0 Å². The third-order valence-corrected chi connectivity index (χ3v) is 1.83. The molecule has 0 spiro atoms. The van der Waals surface area contributed by atoms with E-state index in [1.807, 2.05) is 30.3 Å². The first kappa shape index (κ1) is 10.7. The maximum Gasteiger partial charge on any atom is 0.324 e. The van der Waals surface area contributed by atoms with Gasteiger partial charge in [0.2, 0.25) is 0 Å². The second kappa shape index (κ2) is 6.16. The van der Waals surface area contributed by atoms with Crippen molar-refractivity contribution >= 4 is 5.97 Å². The number of carbonyl (C=O) groups excluding carboxylic acids is 1. The second-order valence-electron chi connectivity index (χ2n) is 2.96. The Bertz CT molecular complexity index is 272. The summed E-state index contributed by atoms with van der Waals surface area (Å²) < 4.78 is 0. The lowest BCUT2D eigenvalue weighted by Gasteiger charge is -2.04. The minimum atomic E-state index is -0.224. The van der Waals surface area contributed by atoms with Gasteiger partial charge in [0, 0.05) is 13.0 Å². The summed E-state index contributed by atoms with van der Waals surface area (Å²) in [5.41, 5.74) is 3.86. The maximum absolute atomic E-state index is 10.7. The third-order valence-electron chi connectivity index (χ3n) is 1.83. The van der Waals surface area contributed by atoms with Crippen LogP contribution in [0.3, 0.4) is 0 Å². The quantitative estimate of drug-likeness (QED) is 0.571. The van der Waals surface area contributed by atoms with Crippen LogP contribution in [0.15, 0.2) is 30.3 Å². The van der Waals surface area contributed by atoms with E-state index in [4.69, 9.17) is 4.84 Å². The molecular formula is C11H15NO2. The molecule has 1 rings (SSSR count). The fraction of sp³-hybridized carbons (Fsp3) is 0.364. The zero-order valence-corrected chi connectivity index (χ0v) is 8.32. The van der Waals surface area contributed by atoms with Crippen molar-refractivity contribution in [2.75, 3.05) is 6.54 Å². The Balaban J connectivity index is 2.13. The van der Waals surface area contributed by atoms with Crippen molar-refractivity contribution < 1.29 is 9.63 Å². The largest absolute Gasteiger partial charge is 0.371 e. The lowest BCUT2D eigenvalue weighted by Crippen LogP contribution is -2.21. The van der Waals surface area contributed by atoms with Crippen LogP contribution in [0.4, 0.5) is 0 Å². The lowest BCUT2D eigenvalue weighted by atomic mass is 10.2. The number of hydrogen-bond donors (Lipinski definition) is 1. The van der Waals surface area contributed by atoms with Gasteiger partial charge in [-0.15, -0.1) is 0 Å². The van der Waals surface area contributed by atoms with E-state index < -0.39 is 0 Å². The van der Waals surface area contributed by atoms with E-state index in [1.165, 1.54) is 5.56 Å². The fourth-order valence-corrected chi connectivity index (χ4v) is 1.04. The maximum atomic E-state index is 10.7. The molecule has 0 saturated heterocycles. The van der Waals surface area contributed by atoms with Gasteiger partial charge in [0.15, 0.2) is 0 Å². The van der Waals surface area contributed by atoms with E-state index in [0.29, 0.717) is 13.0 Å². The van der Waals surface area contributed by atoms with E-state index >= 15 is 0 Å². The predicted molar refractivity (Wildman–Crippen MR) is 54.5 cm³/mol. The van der Waals surface area contributed by atoms with Crippen molar-refractivity contribution in [3.05, 3.63) is 35.9 Å². The first-order chi connectivity index (χ1) is 6.83. The summed E-state index contributed by atoms with van der Waals surface area (Å²) in [7, 11) is 0. The van der Waals surface area contributed by atoms with Crippen LogP contribution in [0.25, 0.3) is 0 Å². The molecule has 0 unspecified atom stereocenters. The van der Waals surface area contributed by atoms with E-state index in [-0.39, 0.29) is 5.97 Å². The molecule has 3 nitrogen and oxygen atoms in total. The molecule has 1 aromatic rings. The van der Waals surface area contributed by atoms with Gasteiger partial charge in [0.25, 0.3) is 0 Å². The second-order valence-corrected chi connectivity index (χ2v) is 2.96. The van der Waals surface area contributed by atoms with E-state index in [2.05, 4.69) is 5.48 Å². The molecule has 14 heavy (non-hydrogen) atoms. The molecule has 0 atom stereocenters. The Hall–Kier alpha value is -1.35. The van der Waals surface area contributed by atoms with Crippen molar-refractivity contribution in [3.63, 3.8) is 0 Å². The highest BCUT2D eigenvalue weighted by Gasteiger charge is 1.97. The van der Waals surface area contributed by atoms with Crippen LogP contribution in [-0.2, 0) is 16.1 Å². The summed E-state index contributed by atoms with van der Waals surface area (Å²) in [6.07, 6.45) is 1.26. The molecule has 0 aliphatic heterocycles. The zero-order valence-electron chi connectivity index (χ0n) is 8.32. The van der Waals surface area contributed by atoms with Gasteiger partial charge in [-0.05, 0) is 12.0 Å². The van der Waals surface area contributed by atoms with Gasteiger partial charge in [-0.25, -0.2) is 0 Å². The van der Waals surface area contributed by atoms with Crippen molar-refractivity contribution in [3.8, 4) is 0 Å². The molecule has 0 aliphatic carbocycles. The average Bonchev–Trinajstić information content (AvgIpc) is 2.25. The van der Waals surface area contributed by atoms with Gasteiger partial charge in [0.05, 0.1) is 0 Å². The number of carbonyl (C=O) groups is 1. The number of rotatable bonds is 5. The van der Waals surface area contributed by atoms with Gasteiger partial charge in [-0.3, -0.25) is 4.79 Å². The van der Waals surface area contributed by atoms with Gasteiger partial charge in [-0.1, -0.05) is 37.3 Å². The van der Waals surface area contributed by atoms with Crippen molar-refractivity contribution in [1.29, 1.82) is 0 Å². The molecule has 0 saturated carbocycles. The Kier molecular flexibility index (Phi) is 4.72. The molecule has 0 radical (unpaired) electrons. The van der Waals surface area contributed by atoms with Gasteiger partial charge >= 0.3 is 5.97 Å². The highest BCUT2D eigenvalue weighted by Crippen LogP contribution is 1.97. The molecule has 1 aromatic carbocycles. The zero-order chi connectivity index (χ0) is 10.2. The lowest BCUT2D eigenvalue weighted by molar-refractivity contribution is -0.150. The van der Waals surface area contributed by atoms with Crippen LogP contribution < -0.4 is 5.48 Å².